The molecule has 0 spiro atoms. The number of carbonyl (C=O) groups excluding carboxylic acids is 2. The summed E-state index contributed by atoms with van der Waals surface area (Å²) in [5.74, 6) is 0.504. The van der Waals surface area contributed by atoms with Crippen molar-refractivity contribution >= 4 is 29.2 Å². The van der Waals surface area contributed by atoms with Crippen LogP contribution in [0.3, 0.4) is 0 Å². The minimum absolute atomic E-state index is 0.193. The van der Waals surface area contributed by atoms with Gasteiger partial charge < -0.3 is 14.2 Å². The van der Waals surface area contributed by atoms with Crippen LogP contribution < -0.4 is 14.4 Å². The Morgan fingerprint density at radius 1 is 0.935 bits per heavy atom. The summed E-state index contributed by atoms with van der Waals surface area (Å²) < 4.78 is 16.3. The fraction of sp³-hybridized carbons (Fsp3) is 0.167. The third-order valence-corrected chi connectivity index (χ3v) is 5.39. The van der Waals surface area contributed by atoms with Crippen LogP contribution in [0, 0.1) is 0 Å². The number of halogens is 1. The number of hydrogen-bond donors (Lipinski definition) is 0. The van der Waals surface area contributed by atoms with Crippen molar-refractivity contribution in [3.05, 3.63) is 88.9 Å². The van der Waals surface area contributed by atoms with Crippen LogP contribution in [0.4, 0.5) is 5.69 Å². The van der Waals surface area contributed by atoms with E-state index in [1.807, 2.05) is 18.2 Å². The van der Waals surface area contributed by atoms with Gasteiger partial charge in [-0.25, -0.2) is 4.79 Å². The van der Waals surface area contributed by atoms with Gasteiger partial charge in [-0.05, 0) is 54.1 Å². The number of carbonyl (C=O) groups is 2. The molecular formula is C24H20ClNO5. The summed E-state index contributed by atoms with van der Waals surface area (Å²) in [6, 6.07) is 20.7. The number of rotatable bonds is 6. The third kappa shape index (κ3) is 3.94. The van der Waals surface area contributed by atoms with Gasteiger partial charge in [0.15, 0.2) is 0 Å². The zero-order valence-corrected chi connectivity index (χ0v) is 17.7. The molecule has 4 rings (SSSR count). The number of amides is 1. The van der Waals surface area contributed by atoms with Crippen LogP contribution in [0.1, 0.15) is 22.0 Å². The lowest BCUT2D eigenvalue weighted by Crippen LogP contribution is -2.61. The zero-order valence-electron chi connectivity index (χ0n) is 16.9. The number of benzene rings is 3. The highest BCUT2D eigenvalue weighted by Gasteiger charge is 2.51. The molecule has 1 fully saturated rings. The number of anilines is 1. The number of methoxy groups -OCH3 is 2. The molecule has 0 bridgehead atoms. The maximum absolute atomic E-state index is 13.2. The minimum atomic E-state index is -0.741. The maximum Gasteiger partial charge on any atom is 0.337 e. The standard InChI is InChI=1S/C24H20ClNO5/c1-29-20-6-4-3-5-19(20)26-21(15-7-9-16(10-8-15)24(28)30-2)22(23(26)27)31-18-13-11-17(25)12-14-18/h3-14,21-22H,1-2H3/t21-,22+/m1/s1. The lowest BCUT2D eigenvalue weighted by Gasteiger charge is -2.47. The van der Waals surface area contributed by atoms with Gasteiger partial charge in [0.05, 0.1) is 25.5 Å². The van der Waals surface area contributed by atoms with Gasteiger partial charge in [-0.15, -0.1) is 0 Å². The van der Waals surface area contributed by atoms with Crippen LogP contribution in [0.15, 0.2) is 72.8 Å². The number of para-hydroxylation sites is 2. The smallest absolute Gasteiger partial charge is 0.337 e. The van der Waals surface area contributed by atoms with E-state index in [4.69, 9.17) is 25.8 Å². The zero-order chi connectivity index (χ0) is 22.0. The molecule has 0 aromatic heterocycles. The summed E-state index contributed by atoms with van der Waals surface area (Å²) in [6.45, 7) is 0. The minimum Gasteiger partial charge on any atom is -0.495 e. The molecule has 0 unspecified atom stereocenters. The van der Waals surface area contributed by atoms with E-state index in [1.54, 1.807) is 66.6 Å². The molecule has 1 heterocycles. The Hall–Kier alpha value is -3.51. The molecule has 0 N–H and O–H groups in total. The first kappa shape index (κ1) is 20.8. The molecule has 3 aromatic carbocycles. The summed E-state index contributed by atoms with van der Waals surface area (Å²) in [6.07, 6.45) is -0.741. The molecule has 3 aromatic rings. The Kier molecular flexibility index (Phi) is 5.82. The van der Waals surface area contributed by atoms with Gasteiger partial charge in [0.25, 0.3) is 5.91 Å². The average Bonchev–Trinajstić information content (AvgIpc) is 2.81. The molecule has 1 amide bonds. The highest BCUT2D eigenvalue weighted by atomic mass is 35.5. The topological polar surface area (TPSA) is 65.1 Å². The first-order chi connectivity index (χ1) is 15.0. The molecule has 2 atom stereocenters. The predicted octanol–water partition coefficient (Wildman–Crippen LogP) is 4.67. The monoisotopic (exact) mass is 437 g/mol. The van der Waals surface area contributed by atoms with E-state index in [0.29, 0.717) is 27.8 Å². The molecule has 1 aliphatic rings. The number of ether oxygens (including phenoxy) is 3. The normalized spacial score (nSPS) is 17.6. The second-order valence-electron chi connectivity index (χ2n) is 6.93. The Morgan fingerprint density at radius 2 is 1.61 bits per heavy atom. The van der Waals surface area contributed by atoms with Crippen LogP contribution in [-0.2, 0) is 9.53 Å². The average molecular weight is 438 g/mol. The van der Waals surface area contributed by atoms with Gasteiger partial charge in [0.2, 0.25) is 6.10 Å². The van der Waals surface area contributed by atoms with Crippen molar-refractivity contribution in [3.63, 3.8) is 0 Å². The molecule has 0 radical (unpaired) electrons. The first-order valence-corrected chi connectivity index (χ1v) is 9.98. The van der Waals surface area contributed by atoms with Gasteiger partial charge in [-0.1, -0.05) is 35.9 Å². The van der Waals surface area contributed by atoms with Crippen LogP contribution in [0.2, 0.25) is 5.02 Å². The van der Waals surface area contributed by atoms with E-state index in [2.05, 4.69) is 0 Å². The van der Waals surface area contributed by atoms with Crippen molar-refractivity contribution in [2.45, 2.75) is 12.1 Å². The van der Waals surface area contributed by atoms with Crippen LogP contribution in [0.5, 0.6) is 11.5 Å². The molecule has 0 saturated carbocycles. The second kappa shape index (κ2) is 8.70. The molecule has 31 heavy (non-hydrogen) atoms. The summed E-state index contributed by atoms with van der Waals surface area (Å²) in [7, 11) is 2.89. The van der Waals surface area contributed by atoms with Crippen molar-refractivity contribution in [2.24, 2.45) is 0 Å². The second-order valence-corrected chi connectivity index (χ2v) is 7.37. The molecule has 6 nitrogen and oxygen atoms in total. The SMILES string of the molecule is COC(=O)c1ccc([C@@H]2[C@H](Oc3ccc(Cl)cc3)C(=O)N2c2ccccc2OC)cc1. The molecule has 0 aliphatic carbocycles. The highest BCUT2D eigenvalue weighted by Crippen LogP contribution is 2.44. The Morgan fingerprint density at radius 3 is 2.26 bits per heavy atom. The van der Waals surface area contributed by atoms with E-state index in [1.165, 1.54) is 7.11 Å². The summed E-state index contributed by atoms with van der Waals surface area (Å²) in [5.41, 5.74) is 1.89. The van der Waals surface area contributed by atoms with Crippen molar-refractivity contribution in [1.29, 1.82) is 0 Å². The Balaban J connectivity index is 1.70. The summed E-state index contributed by atoms with van der Waals surface area (Å²) >= 11 is 5.96. The molecule has 1 aliphatic heterocycles. The van der Waals surface area contributed by atoms with E-state index in [-0.39, 0.29) is 5.91 Å². The largest absolute Gasteiger partial charge is 0.495 e. The first-order valence-electron chi connectivity index (χ1n) is 9.60. The Labute approximate surface area is 184 Å². The van der Waals surface area contributed by atoms with Gasteiger partial charge in [-0.3, -0.25) is 9.69 Å². The fourth-order valence-corrected chi connectivity index (χ4v) is 3.72. The number of β-lactam (4-membered cyclic amide) rings is 1. The molecule has 1 saturated heterocycles. The quantitative estimate of drug-likeness (QED) is 0.414. The number of hydrogen-bond acceptors (Lipinski definition) is 5. The lowest BCUT2D eigenvalue weighted by atomic mass is 9.89. The Bertz CT molecular complexity index is 1100. The van der Waals surface area contributed by atoms with Crippen molar-refractivity contribution < 1.29 is 23.8 Å². The van der Waals surface area contributed by atoms with Gasteiger partial charge >= 0.3 is 5.97 Å². The molecule has 7 heteroatoms. The fourth-order valence-electron chi connectivity index (χ4n) is 3.59. The lowest BCUT2D eigenvalue weighted by molar-refractivity contribution is -0.135. The molecule has 158 valence electrons. The van der Waals surface area contributed by atoms with Crippen LogP contribution in [-0.4, -0.2) is 32.2 Å². The van der Waals surface area contributed by atoms with Crippen molar-refractivity contribution in [1.82, 2.24) is 0 Å². The number of esters is 1. The maximum atomic E-state index is 13.2. The van der Waals surface area contributed by atoms with E-state index < -0.39 is 18.1 Å². The van der Waals surface area contributed by atoms with Crippen molar-refractivity contribution in [2.75, 3.05) is 19.1 Å². The van der Waals surface area contributed by atoms with Crippen LogP contribution in [0.25, 0.3) is 0 Å². The van der Waals surface area contributed by atoms with E-state index in [9.17, 15) is 9.59 Å². The summed E-state index contributed by atoms with van der Waals surface area (Å²) in [4.78, 5) is 26.6. The van der Waals surface area contributed by atoms with Crippen molar-refractivity contribution in [3.8, 4) is 11.5 Å². The van der Waals surface area contributed by atoms with Crippen LogP contribution >= 0.6 is 11.6 Å². The molecular weight excluding hydrogens is 418 g/mol. The predicted molar refractivity (Wildman–Crippen MR) is 117 cm³/mol. The van der Waals surface area contributed by atoms with E-state index >= 15 is 0 Å². The van der Waals surface area contributed by atoms with Gasteiger partial charge in [0, 0.05) is 5.02 Å². The highest BCUT2D eigenvalue weighted by molar-refractivity contribution is 6.30. The number of nitrogens with zero attached hydrogens (tertiary/aromatic N) is 1. The van der Waals surface area contributed by atoms with Gasteiger partial charge in [-0.2, -0.15) is 0 Å². The third-order valence-electron chi connectivity index (χ3n) is 5.14. The van der Waals surface area contributed by atoms with E-state index in [0.717, 1.165) is 5.56 Å². The van der Waals surface area contributed by atoms with Gasteiger partial charge in [0.1, 0.15) is 17.5 Å². The summed E-state index contributed by atoms with van der Waals surface area (Å²) in [5, 5.41) is 0.581.